The van der Waals surface area contributed by atoms with Crippen molar-refractivity contribution in [2.75, 3.05) is 34.9 Å². The number of fused-ring (bicyclic) bond motifs is 1. The number of hydrogen-bond acceptors (Lipinski definition) is 4. The lowest BCUT2D eigenvalue weighted by Crippen LogP contribution is -2.43. The number of nitrogens with one attached hydrogen (secondary N) is 1. The third-order valence-corrected chi connectivity index (χ3v) is 4.82. The zero-order valence-corrected chi connectivity index (χ0v) is 16.4. The molecule has 1 aliphatic heterocycles. The van der Waals surface area contributed by atoms with Crippen LogP contribution in [0, 0.1) is 0 Å². The number of benzene rings is 2. The van der Waals surface area contributed by atoms with E-state index in [4.69, 9.17) is 14.2 Å². The highest BCUT2D eigenvalue weighted by Crippen LogP contribution is 2.38. The Labute approximate surface area is 160 Å². The van der Waals surface area contributed by atoms with Crippen LogP contribution in [-0.4, -0.2) is 45.8 Å². The van der Waals surface area contributed by atoms with Crippen LogP contribution in [0.2, 0.25) is 0 Å². The highest BCUT2D eigenvalue weighted by atomic mass is 16.5. The maximum atomic E-state index is 5.43. The number of hydrogen-bond donors (Lipinski definition) is 1. The number of aliphatic imine (C=N–C) groups is 1. The first kappa shape index (κ1) is 18.9. The summed E-state index contributed by atoms with van der Waals surface area (Å²) >= 11 is 0. The Hall–Kier alpha value is -2.89. The van der Waals surface area contributed by atoms with Crippen LogP contribution in [0.3, 0.4) is 0 Å². The van der Waals surface area contributed by atoms with E-state index in [-0.39, 0.29) is 0 Å². The van der Waals surface area contributed by atoms with E-state index in [1.165, 1.54) is 11.1 Å². The molecule has 27 heavy (non-hydrogen) atoms. The van der Waals surface area contributed by atoms with E-state index in [2.05, 4.69) is 39.5 Å². The Kier molecular flexibility index (Phi) is 6.06. The second kappa shape index (κ2) is 8.66. The SMILES string of the molecule is CN=C(NCc1cc(OC)c(OC)c(OC)c1)N1CCc2ccccc2C1. The molecule has 0 spiro atoms. The molecule has 0 aliphatic carbocycles. The standard InChI is InChI=1S/C21H27N3O3/c1-22-21(24-10-9-16-7-5-6-8-17(16)14-24)23-13-15-11-18(25-2)20(27-4)19(12-15)26-3/h5-8,11-12H,9-10,13-14H2,1-4H3,(H,22,23). The summed E-state index contributed by atoms with van der Waals surface area (Å²) < 4.78 is 16.3. The third kappa shape index (κ3) is 4.10. The smallest absolute Gasteiger partial charge is 0.203 e. The molecule has 0 saturated carbocycles. The molecule has 0 amide bonds. The molecule has 2 aromatic rings. The largest absolute Gasteiger partial charge is 0.493 e. The summed E-state index contributed by atoms with van der Waals surface area (Å²) in [4.78, 5) is 6.74. The number of nitrogens with zero attached hydrogens (tertiary/aromatic N) is 2. The van der Waals surface area contributed by atoms with Crippen molar-refractivity contribution in [3.05, 3.63) is 53.1 Å². The zero-order valence-electron chi connectivity index (χ0n) is 16.4. The van der Waals surface area contributed by atoms with Gasteiger partial charge in [0.2, 0.25) is 5.75 Å². The summed E-state index contributed by atoms with van der Waals surface area (Å²) in [5.74, 6) is 2.78. The fourth-order valence-electron chi connectivity index (χ4n) is 3.43. The van der Waals surface area contributed by atoms with E-state index in [1.807, 2.05) is 19.2 Å². The molecule has 1 heterocycles. The van der Waals surface area contributed by atoms with E-state index in [0.29, 0.717) is 23.8 Å². The van der Waals surface area contributed by atoms with Gasteiger partial charge in [0.25, 0.3) is 0 Å². The van der Waals surface area contributed by atoms with Gasteiger partial charge in [-0.25, -0.2) is 0 Å². The molecule has 0 fully saturated rings. The second-order valence-corrected chi connectivity index (χ2v) is 6.37. The number of guanidine groups is 1. The molecule has 0 aromatic heterocycles. The first-order valence-electron chi connectivity index (χ1n) is 9.01. The van der Waals surface area contributed by atoms with Gasteiger partial charge in [0.1, 0.15) is 0 Å². The Morgan fingerprint density at radius 3 is 2.30 bits per heavy atom. The van der Waals surface area contributed by atoms with Crippen molar-refractivity contribution in [1.29, 1.82) is 0 Å². The molecular formula is C21H27N3O3. The summed E-state index contributed by atoms with van der Waals surface area (Å²) in [6.07, 6.45) is 1.03. The van der Waals surface area contributed by atoms with E-state index in [0.717, 1.165) is 31.0 Å². The molecule has 144 valence electrons. The quantitative estimate of drug-likeness (QED) is 0.649. The third-order valence-electron chi connectivity index (χ3n) is 4.82. The van der Waals surface area contributed by atoms with Crippen molar-refractivity contribution in [2.45, 2.75) is 19.5 Å². The topological polar surface area (TPSA) is 55.3 Å². The summed E-state index contributed by atoms with van der Waals surface area (Å²) in [6.45, 7) is 2.43. The molecular weight excluding hydrogens is 342 g/mol. The minimum Gasteiger partial charge on any atom is -0.493 e. The van der Waals surface area contributed by atoms with Gasteiger partial charge in [-0.3, -0.25) is 4.99 Å². The fraction of sp³-hybridized carbons (Fsp3) is 0.381. The van der Waals surface area contributed by atoms with Crippen molar-refractivity contribution >= 4 is 5.96 Å². The van der Waals surface area contributed by atoms with Gasteiger partial charge in [-0.2, -0.15) is 0 Å². The van der Waals surface area contributed by atoms with E-state index in [9.17, 15) is 0 Å². The molecule has 3 rings (SSSR count). The minimum absolute atomic E-state index is 0.598. The Morgan fingerprint density at radius 2 is 1.70 bits per heavy atom. The van der Waals surface area contributed by atoms with Crippen molar-refractivity contribution in [2.24, 2.45) is 4.99 Å². The minimum atomic E-state index is 0.598. The average Bonchev–Trinajstić information content (AvgIpc) is 2.73. The predicted octanol–water partition coefficient (Wildman–Crippen LogP) is 2.85. The van der Waals surface area contributed by atoms with Crippen molar-refractivity contribution in [3.63, 3.8) is 0 Å². The normalized spacial score (nSPS) is 13.8. The van der Waals surface area contributed by atoms with E-state index in [1.54, 1.807) is 21.3 Å². The molecule has 0 saturated heterocycles. The first-order chi connectivity index (χ1) is 13.2. The van der Waals surface area contributed by atoms with Crippen LogP contribution in [0.5, 0.6) is 17.2 Å². The summed E-state index contributed by atoms with van der Waals surface area (Å²) in [5.41, 5.74) is 3.82. The first-order valence-corrected chi connectivity index (χ1v) is 9.01. The lowest BCUT2D eigenvalue weighted by Gasteiger charge is -2.31. The highest BCUT2D eigenvalue weighted by molar-refractivity contribution is 5.80. The van der Waals surface area contributed by atoms with Crippen LogP contribution in [0.25, 0.3) is 0 Å². The van der Waals surface area contributed by atoms with Crippen LogP contribution in [0.1, 0.15) is 16.7 Å². The molecule has 6 heteroatoms. The highest BCUT2D eigenvalue weighted by Gasteiger charge is 2.19. The van der Waals surface area contributed by atoms with Crippen LogP contribution >= 0.6 is 0 Å². The lowest BCUT2D eigenvalue weighted by atomic mass is 10.0. The number of rotatable bonds is 5. The molecule has 0 bridgehead atoms. The zero-order chi connectivity index (χ0) is 19.2. The van der Waals surface area contributed by atoms with Gasteiger partial charge in [-0.1, -0.05) is 24.3 Å². The Morgan fingerprint density at radius 1 is 1.04 bits per heavy atom. The average molecular weight is 369 g/mol. The summed E-state index contributed by atoms with van der Waals surface area (Å²) in [6, 6.07) is 12.5. The number of methoxy groups -OCH3 is 3. The van der Waals surface area contributed by atoms with Crippen molar-refractivity contribution in [3.8, 4) is 17.2 Å². The molecule has 0 radical (unpaired) electrons. The number of ether oxygens (including phenoxy) is 3. The molecule has 6 nitrogen and oxygen atoms in total. The Bertz CT molecular complexity index is 795. The van der Waals surface area contributed by atoms with Crippen LogP contribution < -0.4 is 19.5 Å². The van der Waals surface area contributed by atoms with Gasteiger partial charge >= 0.3 is 0 Å². The van der Waals surface area contributed by atoms with E-state index >= 15 is 0 Å². The van der Waals surface area contributed by atoms with Crippen molar-refractivity contribution in [1.82, 2.24) is 10.2 Å². The van der Waals surface area contributed by atoms with Crippen LogP contribution in [0.4, 0.5) is 0 Å². The van der Waals surface area contributed by atoms with Crippen LogP contribution in [0.15, 0.2) is 41.4 Å². The van der Waals surface area contributed by atoms with Crippen molar-refractivity contribution < 1.29 is 14.2 Å². The van der Waals surface area contributed by atoms with Gasteiger partial charge < -0.3 is 24.4 Å². The second-order valence-electron chi connectivity index (χ2n) is 6.37. The summed E-state index contributed by atoms with van der Waals surface area (Å²) in [7, 11) is 6.67. The Balaban J connectivity index is 1.72. The molecule has 0 unspecified atom stereocenters. The monoisotopic (exact) mass is 369 g/mol. The molecule has 2 aromatic carbocycles. The van der Waals surface area contributed by atoms with Gasteiger partial charge in [0, 0.05) is 26.7 Å². The summed E-state index contributed by atoms with van der Waals surface area (Å²) in [5, 5.41) is 3.45. The van der Waals surface area contributed by atoms with Gasteiger partial charge in [-0.05, 0) is 35.2 Å². The van der Waals surface area contributed by atoms with E-state index < -0.39 is 0 Å². The molecule has 1 N–H and O–H groups in total. The molecule has 1 aliphatic rings. The maximum absolute atomic E-state index is 5.43. The lowest BCUT2D eigenvalue weighted by molar-refractivity contribution is 0.323. The molecule has 0 atom stereocenters. The predicted molar refractivity (Wildman–Crippen MR) is 107 cm³/mol. The van der Waals surface area contributed by atoms with Gasteiger partial charge in [0.15, 0.2) is 17.5 Å². The maximum Gasteiger partial charge on any atom is 0.203 e. The van der Waals surface area contributed by atoms with Crippen LogP contribution in [-0.2, 0) is 19.5 Å². The van der Waals surface area contributed by atoms with Gasteiger partial charge in [-0.15, -0.1) is 0 Å². The fourth-order valence-corrected chi connectivity index (χ4v) is 3.43. The van der Waals surface area contributed by atoms with Gasteiger partial charge in [0.05, 0.1) is 21.3 Å².